The lowest BCUT2D eigenvalue weighted by Crippen LogP contribution is -2.38. The summed E-state index contributed by atoms with van der Waals surface area (Å²) in [5.41, 5.74) is 1.34. The van der Waals surface area contributed by atoms with Gasteiger partial charge in [-0.2, -0.15) is 0 Å². The van der Waals surface area contributed by atoms with Gasteiger partial charge in [-0.15, -0.1) is 0 Å². The Bertz CT molecular complexity index is 512. The van der Waals surface area contributed by atoms with Gasteiger partial charge in [0.25, 0.3) is 0 Å². The van der Waals surface area contributed by atoms with E-state index in [1.807, 2.05) is 6.92 Å². The fourth-order valence-corrected chi connectivity index (χ4v) is 2.13. The lowest BCUT2D eigenvalue weighted by Gasteiger charge is -2.24. The van der Waals surface area contributed by atoms with Crippen LogP contribution in [0.4, 0.5) is 0 Å². The molecule has 0 bridgehead atoms. The molecule has 5 heteroatoms. The molecule has 0 fully saturated rings. The molecule has 5 nitrogen and oxygen atoms in total. The van der Waals surface area contributed by atoms with Gasteiger partial charge in [-0.1, -0.05) is 6.07 Å². The molecule has 1 aromatic carbocycles. The summed E-state index contributed by atoms with van der Waals surface area (Å²) in [6, 6.07) is 5.15. The number of carbonyl (C=O) groups is 2. The van der Waals surface area contributed by atoms with E-state index in [1.54, 1.807) is 30.0 Å². The van der Waals surface area contributed by atoms with Crippen LogP contribution in [0.25, 0.3) is 0 Å². The van der Waals surface area contributed by atoms with Crippen molar-refractivity contribution in [3.8, 4) is 5.75 Å². The van der Waals surface area contributed by atoms with Crippen LogP contribution >= 0.6 is 0 Å². The maximum atomic E-state index is 11.6. The number of amides is 1. The molecule has 0 N–H and O–H groups in total. The molecule has 0 aromatic heterocycles. The normalized spacial score (nSPS) is 18.1. The summed E-state index contributed by atoms with van der Waals surface area (Å²) in [5, 5.41) is 0. The number of esters is 1. The minimum Gasteiger partial charge on any atom is -0.491 e. The van der Waals surface area contributed by atoms with Gasteiger partial charge in [0.05, 0.1) is 18.7 Å². The number of methoxy groups -OCH3 is 1. The predicted octanol–water partition coefficient (Wildman–Crippen LogP) is 1.60. The van der Waals surface area contributed by atoms with Crippen LogP contribution in [0.2, 0.25) is 0 Å². The zero-order chi connectivity index (χ0) is 14.0. The first-order chi connectivity index (χ1) is 9.02. The highest BCUT2D eigenvalue weighted by molar-refractivity contribution is 5.90. The largest absolute Gasteiger partial charge is 0.491 e. The molecule has 0 saturated heterocycles. The number of fused-ring (bicyclic) bond motifs is 1. The van der Waals surface area contributed by atoms with Crippen molar-refractivity contribution < 1.29 is 19.1 Å². The Balaban J connectivity index is 2.33. The van der Waals surface area contributed by atoms with E-state index in [1.165, 1.54) is 7.11 Å². The summed E-state index contributed by atoms with van der Waals surface area (Å²) in [7, 11) is 1.34. The second kappa shape index (κ2) is 5.30. The van der Waals surface area contributed by atoms with Crippen LogP contribution in [0, 0.1) is 0 Å². The van der Waals surface area contributed by atoms with E-state index >= 15 is 0 Å². The third kappa shape index (κ3) is 2.70. The van der Waals surface area contributed by atoms with Gasteiger partial charge >= 0.3 is 5.97 Å². The number of benzene rings is 1. The summed E-state index contributed by atoms with van der Waals surface area (Å²) in [5.74, 6) is 0.256. The third-order valence-electron chi connectivity index (χ3n) is 3.25. The zero-order valence-corrected chi connectivity index (χ0v) is 11.3. The molecule has 2 rings (SSSR count). The first-order valence-corrected chi connectivity index (χ1v) is 6.14. The van der Waals surface area contributed by atoms with Crippen molar-refractivity contribution in [2.75, 3.05) is 13.7 Å². The highest BCUT2D eigenvalue weighted by atomic mass is 16.5. The van der Waals surface area contributed by atoms with Crippen LogP contribution in [0.15, 0.2) is 18.2 Å². The van der Waals surface area contributed by atoms with Gasteiger partial charge < -0.3 is 14.4 Å². The summed E-state index contributed by atoms with van der Waals surface area (Å²) in [4.78, 5) is 24.8. The fraction of sp³-hybridized carbons (Fsp3) is 0.429. The maximum Gasteiger partial charge on any atom is 0.337 e. The Hall–Kier alpha value is -2.04. The van der Waals surface area contributed by atoms with Gasteiger partial charge in [0, 0.05) is 19.0 Å². The molecule has 19 heavy (non-hydrogen) atoms. The monoisotopic (exact) mass is 263 g/mol. The van der Waals surface area contributed by atoms with E-state index in [4.69, 9.17) is 4.74 Å². The SMILES string of the molecule is COC(=O)c1ccc2c(c1)OC[C@@H](C)N(C(C)=O)C2. The fourth-order valence-electron chi connectivity index (χ4n) is 2.13. The molecule has 0 radical (unpaired) electrons. The van der Waals surface area contributed by atoms with Crippen LogP contribution in [0.3, 0.4) is 0 Å². The Morgan fingerprint density at radius 1 is 1.42 bits per heavy atom. The molecule has 102 valence electrons. The second-order valence-electron chi connectivity index (χ2n) is 4.62. The number of carbonyl (C=O) groups excluding carboxylic acids is 2. The van der Waals surface area contributed by atoms with Crippen molar-refractivity contribution in [3.63, 3.8) is 0 Å². The van der Waals surface area contributed by atoms with Crippen LogP contribution in [0.1, 0.15) is 29.8 Å². The smallest absolute Gasteiger partial charge is 0.337 e. The summed E-state index contributed by atoms with van der Waals surface area (Å²) >= 11 is 0. The number of ether oxygens (including phenoxy) is 2. The van der Waals surface area contributed by atoms with E-state index in [-0.39, 0.29) is 11.9 Å². The van der Waals surface area contributed by atoms with Crippen molar-refractivity contribution in [1.82, 2.24) is 4.90 Å². The Kier molecular flexibility index (Phi) is 3.74. The van der Waals surface area contributed by atoms with Gasteiger partial charge in [0.15, 0.2) is 0 Å². The van der Waals surface area contributed by atoms with Gasteiger partial charge in [-0.05, 0) is 19.1 Å². The minimum atomic E-state index is -0.396. The topological polar surface area (TPSA) is 55.8 Å². The highest BCUT2D eigenvalue weighted by Crippen LogP contribution is 2.26. The van der Waals surface area contributed by atoms with Crippen molar-refractivity contribution >= 4 is 11.9 Å². The maximum absolute atomic E-state index is 11.6. The lowest BCUT2D eigenvalue weighted by molar-refractivity contribution is -0.131. The van der Waals surface area contributed by atoms with Gasteiger partial charge in [-0.3, -0.25) is 4.79 Å². The molecule has 0 unspecified atom stereocenters. The van der Waals surface area contributed by atoms with Crippen molar-refractivity contribution in [2.24, 2.45) is 0 Å². The molecular weight excluding hydrogens is 246 g/mol. The zero-order valence-electron chi connectivity index (χ0n) is 11.3. The number of hydrogen-bond acceptors (Lipinski definition) is 4. The van der Waals surface area contributed by atoms with Crippen molar-refractivity contribution in [2.45, 2.75) is 26.4 Å². The van der Waals surface area contributed by atoms with E-state index in [0.29, 0.717) is 24.5 Å². The van der Waals surface area contributed by atoms with Gasteiger partial charge in [0.2, 0.25) is 5.91 Å². The van der Waals surface area contributed by atoms with E-state index in [0.717, 1.165) is 5.56 Å². The summed E-state index contributed by atoms with van der Waals surface area (Å²) in [6.45, 7) is 4.39. The van der Waals surface area contributed by atoms with E-state index < -0.39 is 5.97 Å². The molecular formula is C14H17NO4. The van der Waals surface area contributed by atoms with Gasteiger partial charge in [0.1, 0.15) is 12.4 Å². The Morgan fingerprint density at radius 2 is 2.16 bits per heavy atom. The van der Waals surface area contributed by atoms with Crippen LogP contribution in [-0.2, 0) is 16.1 Å². The molecule has 0 spiro atoms. The first-order valence-electron chi connectivity index (χ1n) is 6.14. The van der Waals surface area contributed by atoms with Gasteiger partial charge in [-0.25, -0.2) is 4.79 Å². The standard InChI is InChI=1S/C14H17NO4/c1-9-8-19-13-6-11(14(17)18-3)4-5-12(13)7-15(9)10(2)16/h4-6,9H,7-8H2,1-3H3/t9-/m1/s1. The molecule has 1 aliphatic rings. The van der Waals surface area contributed by atoms with Crippen LogP contribution < -0.4 is 4.74 Å². The quantitative estimate of drug-likeness (QED) is 0.722. The van der Waals surface area contributed by atoms with Crippen molar-refractivity contribution in [3.05, 3.63) is 29.3 Å². The van der Waals surface area contributed by atoms with Crippen LogP contribution in [-0.4, -0.2) is 36.5 Å². The number of hydrogen-bond donors (Lipinski definition) is 0. The summed E-state index contributed by atoms with van der Waals surface area (Å²) in [6.07, 6.45) is 0. The minimum absolute atomic E-state index is 0.00600. The predicted molar refractivity (Wildman–Crippen MR) is 69.0 cm³/mol. The third-order valence-corrected chi connectivity index (χ3v) is 3.25. The Labute approximate surface area is 112 Å². The van der Waals surface area contributed by atoms with Crippen LogP contribution in [0.5, 0.6) is 5.75 Å². The second-order valence-corrected chi connectivity index (χ2v) is 4.62. The van der Waals surface area contributed by atoms with Crippen molar-refractivity contribution in [1.29, 1.82) is 0 Å². The number of nitrogens with zero attached hydrogens (tertiary/aromatic N) is 1. The number of rotatable bonds is 1. The molecule has 0 aliphatic carbocycles. The Morgan fingerprint density at radius 3 is 2.79 bits per heavy atom. The average Bonchev–Trinajstić information content (AvgIpc) is 2.57. The molecule has 1 atom stereocenters. The molecule has 0 saturated carbocycles. The first kappa shape index (κ1) is 13.4. The molecule has 1 aliphatic heterocycles. The molecule has 1 amide bonds. The lowest BCUT2D eigenvalue weighted by atomic mass is 10.1. The summed E-state index contributed by atoms with van der Waals surface area (Å²) < 4.78 is 10.4. The average molecular weight is 263 g/mol. The molecule has 1 aromatic rings. The van der Waals surface area contributed by atoms with E-state index in [2.05, 4.69) is 4.74 Å². The highest BCUT2D eigenvalue weighted by Gasteiger charge is 2.24. The molecule has 1 heterocycles. The van der Waals surface area contributed by atoms with E-state index in [9.17, 15) is 9.59 Å².